The average molecular weight is 1070 g/mol. The molecule has 3 aliphatic rings. The summed E-state index contributed by atoms with van der Waals surface area (Å²) in [6.45, 7) is 19.1. The van der Waals surface area contributed by atoms with E-state index in [9.17, 15) is 0 Å². The lowest BCUT2D eigenvalue weighted by Crippen LogP contribution is -2.24. The Labute approximate surface area is 483 Å². The number of aromatic nitrogens is 1. The molecule has 0 radical (unpaired) electrons. The van der Waals surface area contributed by atoms with Crippen molar-refractivity contribution in [3.63, 3.8) is 0 Å². The predicted octanol–water partition coefficient (Wildman–Crippen LogP) is 21.6. The van der Waals surface area contributed by atoms with Crippen molar-refractivity contribution in [2.24, 2.45) is 0 Å². The van der Waals surface area contributed by atoms with Gasteiger partial charge in [-0.05, 0) is 157 Å². The van der Waals surface area contributed by atoms with Crippen LogP contribution in [-0.4, -0.2) is 4.57 Å². The number of furan rings is 2. The summed E-state index contributed by atoms with van der Waals surface area (Å²) < 4.78 is 16.5. The van der Waals surface area contributed by atoms with Gasteiger partial charge in [0, 0.05) is 65.4 Å². The van der Waals surface area contributed by atoms with Crippen molar-refractivity contribution >= 4 is 77.3 Å². The second-order valence-electron chi connectivity index (χ2n) is 25.6. The smallest absolute Gasteiger partial charge is 0.144 e. The highest BCUT2D eigenvalue weighted by atomic mass is 16.3. The maximum atomic E-state index is 7.05. The Balaban J connectivity index is 0.810. The van der Waals surface area contributed by atoms with Crippen LogP contribution in [0.4, 0.5) is 0 Å². The summed E-state index contributed by atoms with van der Waals surface area (Å²) in [7, 11) is 0. The molecule has 0 saturated heterocycles. The molecular formula is C80H61NO2. The van der Waals surface area contributed by atoms with E-state index in [0.29, 0.717) is 0 Å². The number of nitrogens with zero attached hydrogens (tertiary/aromatic N) is 1. The molecule has 0 saturated carbocycles. The highest BCUT2D eigenvalue weighted by Crippen LogP contribution is 2.63. The Kier molecular flexibility index (Phi) is 9.79. The third-order valence-electron chi connectivity index (χ3n) is 19.7. The zero-order valence-corrected chi connectivity index (χ0v) is 48.2. The predicted molar refractivity (Wildman–Crippen MR) is 347 cm³/mol. The third kappa shape index (κ3) is 6.57. The Morgan fingerprint density at radius 3 is 1.83 bits per heavy atom. The van der Waals surface area contributed by atoms with Gasteiger partial charge in [0.2, 0.25) is 0 Å². The zero-order valence-electron chi connectivity index (χ0n) is 48.2. The fourth-order valence-corrected chi connectivity index (χ4v) is 15.9. The topological polar surface area (TPSA) is 31.2 Å². The van der Waals surface area contributed by atoms with E-state index < -0.39 is 0 Å². The first-order valence-corrected chi connectivity index (χ1v) is 29.5. The number of hydrogen-bond acceptors (Lipinski definition) is 2. The van der Waals surface area contributed by atoms with Gasteiger partial charge >= 0.3 is 0 Å². The van der Waals surface area contributed by atoms with Crippen LogP contribution in [0, 0.1) is 13.8 Å². The first kappa shape index (κ1) is 48.3. The second-order valence-corrected chi connectivity index (χ2v) is 25.6. The van der Waals surface area contributed by atoms with E-state index in [4.69, 9.17) is 8.83 Å². The minimum Gasteiger partial charge on any atom is -0.455 e. The molecule has 11 aromatic carbocycles. The Bertz CT molecular complexity index is 5220. The molecular weight excluding hydrogens is 1010 g/mol. The molecule has 0 spiro atoms. The van der Waals surface area contributed by atoms with Crippen LogP contribution in [0.5, 0.6) is 0 Å². The summed E-state index contributed by atoms with van der Waals surface area (Å²) in [5, 5.41) is 7.23. The van der Waals surface area contributed by atoms with Gasteiger partial charge in [-0.1, -0.05) is 217 Å². The second kappa shape index (κ2) is 16.8. The fraction of sp³-hybridized carbons (Fsp3) is 0.150. The van der Waals surface area contributed by atoms with Crippen LogP contribution >= 0.6 is 0 Å². The average Bonchev–Trinajstić information content (AvgIpc) is 1.79. The van der Waals surface area contributed by atoms with Crippen molar-refractivity contribution < 1.29 is 8.83 Å². The number of fused-ring (bicyclic) bond motifs is 22. The Morgan fingerprint density at radius 2 is 1.05 bits per heavy atom. The van der Waals surface area contributed by atoms with E-state index in [0.717, 1.165) is 51.0 Å². The molecule has 0 aliphatic heterocycles. The molecule has 3 nitrogen and oxygen atoms in total. The molecule has 14 aromatic rings. The molecule has 3 aliphatic carbocycles. The van der Waals surface area contributed by atoms with Gasteiger partial charge in [0.1, 0.15) is 22.3 Å². The minimum absolute atomic E-state index is 0.211. The summed E-state index contributed by atoms with van der Waals surface area (Å²) in [5.74, 6) is 0. The number of benzene rings is 11. The quantitative estimate of drug-likeness (QED) is 0.155. The highest BCUT2D eigenvalue weighted by Gasteiger charge is 2.49. The van der Waals surface area contributed by atoms with Crippen molar-refractivity contribution in [3.05, 3.63) is 267 Å². The van der Waals surface area contributed by atoms with Gasteiger partial charge in [0.15, 0.2) is 0 Å². The SMILES string of the molecule is Cc1ccc(/C(=C\c2ccc3c(c2)C(C)(C)c2cc(-c4ccc5c6ccccc6n(-c6ccccc6)c5c4)c4oc5ccccc5c4c2-3)Cc2ccc3c(c2)C(C)(C)c2c4c(c5oc6ccccc6c5c2-3)-c2ccccc2C4(C)C)c(C)c1. The molecule has 0 amide bonds. The van der Waals surface area contributed by atoms with E-state index in [-0.39, 0.29) is 16.2 Å². The van der Waals surface area contributed by atoms with E-state index >= 15 is 0 Å². The normalized spacial score (nSPS) is 15.2. The van der Waals surface area contributed by atoms with Gasteiger partial charge < -0.3 is 13.4 Å². The van der Waals surface area contributed by atoms with Crippen LogP contribution < -0.4 is 0 Å². The molecule has 3 aromatic heterocycles. The standard InChI is InChI=1S/C80H61NO2/c1-45-30-34-52(46(2)38-45)50(40-48-32-36-57-63(42-48)80(7,8)74-70(57)72-59-25-15-19-29-68(59)83-77(72)73-55-23-12-16-26-61(55)79(5,6)75(73)74)39-47-31-35-56-62(41-47)78(3,4)64-44-60(76-71(69(56)64)58-24-14-18-28-67(58)82-76)49-33-37-54-53-22-13-17-27-65(53)81(66(54)43-49)51-20-10-9-11-21-51/h9-39,41-44H,40H2,1-8H3/b50-39-. The highest BCUT2D eigenvalue weighted by molar-refractivity contribution is 6.22. The molecule has 398 valence electrons. The summed E-state index contributed by atoms with van der Waals surface area (Å²) in [4.78, 5) is 0. The van der Waals surface area contributed by atoms with Crippen LogP contribution in [-0.2, 0) is 22.7 Å². The lowest BCUT2D eigenvalue weighted by Gasteiger charge is -2.31. The van der Waals surface area contributed by atoms with Crippen LogP contribution in [0.15, 0.2) is 215 Å². The number of hydrogen-bond donors (Lipinski definition) is 0. The van der Waals surface area contributed by atoms with Crippen LogP contribution in [0.2, 0.25) is 0 Å². The first-order chi connectivity index (χ1) is 40.3. The Morgan fingerprint density at radius 1 is 0.434 bits per heavy atom. The largest absolute Gasteiger partial charge is 0.455 e. The summed E-state index contributed by atoms with van der Waals surface area (Å²) in [6.07, 6.45) is 3.26. The maximum Gasteiger partial charge on any atom is 0.144 e. The van der Waals surface area contributed by atoms with Crippen molar-refractivity contribution in [3.8, 4) is 50.2 Å². The van der Waals surface area contributed by atoms with Crippen molar-refractivity contribution in [1.82, 2.24) is 4.57 Å². The van der Waals surface area contributed by atoms with Gasteiger partial charge in [0.05, 0.1) is 11.0 Å². The molecule has 3 heterocycles. The molecule has 3 heteroatoms. The lowest BCUT2D eigenvalue weighted by molar-refractivity contribution is 0.599. The van der Waals surface area contributed by atoms with E-state index in [2.05, 4.69) is 272 Å². The van der Waals surface area contributed by atoms with Gasteiger partial charge in [-0.3, -0.25) is 0 Å². The van der Waals surface area contributed by atoms with Crippen molar-refractivity contribution in [2.75, 3.05) is 0 Å². The van der Waals surface area contributed by atoms with Gasteiger partial charge in [-0.25, -0.2) is 0 Å². The van der Waals surface area contributed by atoms with E-state index in [1.807, 2.05) is 0 Å². The first-order valence-electron chi connectivity index (χ1n) is 29.5. The van der Waals surface area contributed by atoms with Crippen molar-refractivity contribution in [1.29, 1.82) is 0 Å². The van der Waals surface area contributed by atoms with Gasteiger partial charge in [-0.15, -0.1) is 0 Å². The third-order valence-corrected chi connectivity index (χ3v) is 19.7. The number of para-hydroxylation sites is 4. The number of allylic oxidation sites excluding steroid dienone is 1. The number of aryl methyl sites for hydroxylation is 2. The maximum absolute atomic E-state index is 7.05. The zero-order chi connectivity index (χ0) is 56.0. The fourth-order valence-electron chi connectivity index (χ4n) is 15.9. The van der Waals surface area contributed by atoms with Crippen LogP contribution in [0.25, 0.3) is 128 Å². The summed E-state index contributed by atoms with van der Waals surface area (Å²) >= 11 is 0. The van der Waals surface area contributed by atoms with Gasteiger partial charge in [-0.2, -0.15) is 0 Å². The molecule has 0 N–H and O–H groups in total. The van der Waals surface area contributed by atoms with Crippen LogP contribution in [0.3, 0.4) is 0 Å². The number of rotatable bonds is 6. The van der Waals surface area contributed by atoms with Crippen LogP contribution in [0.1, 0.15) is 103 Å². The molecule has 83 heavy (non-hydrogen) atoms. The lowest BCUT2D eigenvalue weighted by atomic mass is 9.72. The molecule has 0 fully saturated rings. The molecule has 0 atom stereocenters. The van der Waals surface area contributed by atoms with E-state index in [1.165, 1.54) is 138 Å². The molecule has 0 bridgehead atoms. The monoisotopic (exact) mass is 1070 g/mol. The summed E-state index contributed by atoms with van der Waals surface area (Å²) in [5.41, 5.74) is 32.4. The van der Waals surface area contributed by atoms with E-state index in [1.54, 1.807) is 0 Å². The molecule has 17 rings (SSSR count). The molecule has 0 unspecified atom stereocenters. The summed E-state index contributed by atoms with van der Waals surface area (Å²) in [6, 6.07) is 76.8. The minimum atomic E-state index is -0.318. The van der Waals surface area contributed by atoms with Crippen molar-refractivity contribution in [2.45, 2.75) is 78.1 Å². The van der Waals surface area contributed by atoms with Gasteiger partial charge in [0.25, 0.3) is 0 Å². The Hall–Kier alpha value is -9.44.